The molecule has 1 aliphatic heterocycles. The van der Waals surface area contributed by atoms with E-state index in [0.717, 1.165) is 57.2 Å². The van der Waals surface area contributed by atoms with Crippen LogP contribution in [0.4, 0.5) is 17.3 Å². The van der Waals surface area contributed by atoms with Crippen molar-refractivity contribution in [3.63, 3.8) is 0 Å². The fraction of sp³-hybridized carbons (Fsp3) is 0.692. The summed E-state index contributed by atoms with van der Waals surface area (Å²) in [4.78, 5) is 13.1. The monoisotopic (exact) mass is 264 g/mol. The first-order chi connectivity index (χ1) is 9.22. The van der Waals surface area contributed by atoms with E-state index in [9.17, 15) is 0 Å². The molecule has 1 aliphatic rings. The molecule has 1 aromatic heterocycles. The molecule has 0 bridgehead atoms. The van der Waals surface area contributed by atoms with Gasteiger partial charge in [-0.2, -0.15) is 0 Å². The molecule has 2 rings (SSSR count). The second kappa shape index (κ2) is 6.56. The lowest BCUT2D eigenvalue weighted by Crippen LogP contribution is -2.45. The SMILES string of the molecule is CCCCNc1ncnc(N2CCN(C)CC2)c1N. The lowest BCUT2D eigenvalue weighted by molar-refractivity contribution is 0.312. The van der Waals surface area contributed by atoms with Gasteiger partial charge in [0.25, 0.3) is 0 Å². The number of piperazine rings is 1. The van der Waals surface area contributed by atoms with Crippen molar-refractivity contribution < 1.29 is 0 Å². The van der Waals surface area contributed by atoms with Gasteiger partial charge in [-0.15, -0.1) is 0 Å². The van der Waals surface area contributed by atoms with Crippen LogP contribution in [0.5, 0.6) is 0 Å². The minimum absolute atomic E-state index is 0.670. The van der Waals surface area contributed by atoms with Crippen molar-refractivity contribution in [2.45, 2.75) is 19.8 Å². The highest BCUT2D eigenvalue weighted by atomic mass is 15.3. The van der Waals surface area contributed by atoms with Crippen LogP contribution in [-0.2, 0) is 0 Å². The molecule has 0 atom stereocenters. The van der Waals surface area contributed by atoms with E-state index in [1.165, 1.54) is 0 Å². The molecule has 1 saturated heterocycles. The number of anilines is 3. The number of hydrogen-bond acceptors (Lipinski definition) is 6. The summed E-state index contributed by atoms with van der Waals surface area (Å²) in [6.45, 7) is 7.09. The highest BCUT2D eigenvalue weighted by molar-refractivity contribution is 5.74. The molecule has 1 aromatic rings. The number of nitrogens with zero attached hydrogens (tertiary/aromatic N) is 4. The van der Waals surface area contributed by atoms with Crippen molar-refractivity contribution in [3.8, 4) is 0 Å². The Hall–Kier alpha value is -1.56. The van der Waals surface area contributed by atoms with Gasteiger partial charge < -0.3 is 20.9 Å². The molecule has 0 radical (unpaired) electrons. The Morgan fingerprint density at radius 1 is 1.26 bits per heavy atom. The Morgan fingerprint density at radius 2 is 2.00 bits per heavy atom. The lowest BCUT2D eigenvalue weighted by atomic mass is 10.3. The number of rotatable bonds is 5. The van der Waals surface area contributed by atoms with Crippen LogP contribution in [0.25, 0.3) is 0 Å². The number of nitrogens with two attached hydrogens (primary N) is 1. The van der Waals surface area contributed by atoms with Crippen LogP contribution in [0, 0.1) is 0 Å². The van der Waals surface area contributed by atoms with Gasteiger partial charge in [-0.25, -0.2) is 9.97 Å². The van der Waals surface area contributed by atoms with E-state index in [2.05, 4.69) is 39.1 Å². The van der Waals surface area contributed by atoms with Crippen LogP contribution in [0.15, 0.2) is 6.33 Å². The average molecular weight is 264 g/mol. The first-order valence-electron chi connectivity index (χ1n) is 7.00. The summed E-state index contributed by atoms with van der Waals surface area (Å²) in [7, 11) is 2.14. The third-order valence-electron chi connectivity index (χ3n) is 3.49. The smallest absolute Gasteiger partial charge is 0.157 e. The lowest BCUT2D eigenvalue weighted by Gasteiger charge is -2.33. The molecule has 0 spiro atoms. The fourth-order valence-electron chi connectivity index (χ4n) is 2.18. The number of likely N-dealkylation sites (N-methyl/N-ethyl adjacent to an activating group) is 1. The molecule has 0 aromatic carbocycles. The summed E-state index contributed by atoms with van der Waals surface area (Å²) in [6, 6.07) is 0. The number of aromatic nitrogens is 2. The molecule has 2 heterocycles. The second-order valence-corrected chi connectivity index (χ2v) is 5.03. The molecule has 1 fully saturated rings. The van der Waals surface area contributed by atoms with Gasteiger partial charge in [0.2, 0.25) is 0 Å². The first kappa shape index (κ1) is 13.9. The summed E-state index contributed by atoms with van der Waals surface area (Å²) in [6.07, 6.45) is 3.87. The predicted octanol–water partition coefficient (Wildman–Crippen LogP) is 1.02. The van der Waals surface area contributed by atoms with Crippen LogP contribution >= 0.6 is 0 Å². The van der Waals surface area contributed by atoms with Gasteiger partial charge in [0.05, 0.1) is 0 Å². The van der Waals surface area contributed by atoms with Gasteiger partial charge in [-0.3, -0.25) is 0 Å². The van der Waals surface area contributed by atoms with Crippen LogP contribution in [0.3, 0.4) is 0 Å². The molecule has 6 heteroatoms. The summed E-state index contributed by atoms with van der Waals surface area (Å²) in [5.41, 5.74) is 6.86. The van der Waals surface area contributed by atoms with Crippen LogP contribution in [-0.4, -0.2) is 54.6 Å². The largest absolute Gasteiger partial charge is 0.393 e. The maximum absolute atomic E-state index is 6.19. The summed E-state index contributed by atoms with van der Waals surface area (Å²) >= 11 is 0. The van der Waals surface area contributed by atoms with Crippen molar-refractivity contribution in [2.24, 2.45) is 0 Å². The van der Waals surface area contributed by atoms with E-state index in [-0.39, 0.29) is 0 Å². The Balaban J connectivity index is 2.06. The predicted molar refractivity (Wildman–Crippen MR) is 79.6 cm³/mol. The molecule has 0 unspecified atom stereocenters. The van der Waals surface area contributed by atoms with Crippen LogP contribution in [0.1, 0.15) is 19.8 Å². The zero-order chi connectivity index (χ0) is 13.7. The van der Waals surface area contributed by atoms with E-state index >= 15 is 0 Å². The number of unbranched alkanes of at least 4 members (excludes halogenated alkanes) is 1. The Labute approximate surface area is 115 Å². The van der Waals surface area contributed by atoms with E-state index in [0.29, 0.717) is 5.69 Å². The second-order valence-electron chi connectivity index (χ2n) is 5.03. The van der Waals surface area contributed by atoms with Gasteiger partial charge in [-0.05, 0) is 13.5 Å². The van der Waals surface area contributed by atoms with Gasteiger partial charge in [0, 0.05) is 32.7 Å². The number of hydrogen-bond donors (Lipinski definition) is 2. The van der Waals surface area contributed by atoms with Crippen molar-refractivity contribution in [1.82, 2.24) is 14.9 Å². The van der Waals surface area contributed by atoms with Crippen molar-refractivity contribution in [2.75, 3.05) is 55.7 Å². The van der Waals surface area contributed by atoms with Crippen molar-refractivity contribution in [1.29, 1.82) is 0 Å². The molecule has 0 saturated carbocycles. The Bertz CT molecular complexity index is 400. The molecular formula is C13H24N6. The van der Waals surface area contributed by atoms with Crippen LogP contribution in [0.2, 0.25) is 0 Å². The van der Waals surface area contributed by atoms with Gasteiger partial charge in [0.15, 0.2) is 11.6 Å². The molecular weight excluding hydrogens is 240 g/mol. The zero-order valence-corrected chi connectivity index (χ0v) is 11.9. The first-order valence-corrected chi connectivity index (χ1v) is 7.00. The van der Waals surface area contributed by atoms with Crippen LogP contribution < -0.4 is 16.0 Å². The molecule has 0 aliphatic carbocycles. The summed E-state index contributed by atoms with van der Waals surface area (Å²) < 4.78 is 0. The summed E-state index contributed by atoms with van der Waals surface area (Å²) in [5.74, 6) is 1.62. The van der Waals surface area contributed by atoms with E-state index in [1.807, 2.05) is 0 Å². The topological polar surface area (TPSA) is 70.3 Å². The maximum atomic E-state index is 6.19. The quantitative estimate of drug-likeness (QED) is 0.774. The van der Waals surface area contributed by atoms with E-state index in [4.69, 9.17) is 5.73 Å². The van der Waals surface area contributed by atoms with Crippen molar-refractivity contribution in [3.05, 3.63) is 6.33 Å². The third kappa shape index (κ3) is 3.47. The molecule has 0 amide bonds. The minimum atomic E-state index is 0.670. The van der Waals surface area contributed by atoms with E-state index in [1.54, 1.807) is 6.33 Å². The molecule has 106 valence electrons. The Kier molecular flexibility index (Phi) is 4.79. The molecule has 6 nitrogen and oxygen atoms in total. The molecule has 3 N–H and O–H groups in total. The third-order valence-corrected chi connectivity index (χ3v) is 3.49. The normalized spacial score (nSPS) is 16.6. The van der Waals surface area contributed by atoms with E-state index < -0.39 is 0 Å². The Morgan fingerprint density at radius 3 is 2.68 bits per heavy atom. The fourth-order valence-corrected chi connectivity index (χ4v) is 2.18. The highest BCUT2D eigenvalue weighted by Crippen LogP contribution is 2.26. The zero-order valence-electron chi connectivity index (χ0n) is 11.9. The van der Waals surface area contributed by atoms with Gasteiger partial charge in [-0.1, -0.05) is 13.3 Å². The van der Waals surface area contributed by atoms with Gasteiger partial charge >= 0.3 is 0 Å². The minimum Gasteiger partial charge on any atom is -0.393 e. The highest BCUT2D eigenvalue weighted by Gasteiger charge is 2.19. The molecule has 19 heavy (non-hydrogen) atoms. The number of nitrogens with one attached hydrogen (secondary N) is 1. The summed E-state index contributed by atoms with van der Waals surface area (Å²) in [5, 5.41) is 3.29. The van der Waals surface area contributed by atoms with Crippen molar-refractivity contribution >= 4 is 17.3 Å². The number of nitrogen functional groups attached to an aromatic ring is 1. The maximum Gasteiger partial charge on any atom is 0.157 e. The average Bonchev–Trinajstić information content (AvgIpc) is 2.42. The van der Waals surface area contributed by atoms with Gasteiger partial charge in [0.1, 0.15) is 12.0 Å². The standard InChI is InChI=1S/C13H24N6/c1-3-4-5-15-12-11(14)13(17-10-16-12)19-8-6-18(2)7-9-19/h10H,3-9,14H2,1-2H3,(H,15,16,17).